The molecule has 4 nitrogen and oxygen atoms in total. The summed E-state index contributed by atoms with van der Waals surface area (Å²) in [5.41, 5.74) is 6.37. The highest BCUT2D eigenvalue weighted by Gasteiger charge is 2.14. The molecule has 0 amide bonds. The van der Waals surface area contributed by atoms with Crippen molar-refractivity contribution < 1.29 is 9.84 Å². The molecule has 0 bridgehead atoms. The molecule has 3 N–H and O–H groups in total. The number of thioether (sulfide) groups is 1. The largest absolute Gasteiger partial charge is 0.491 e. The van der Waals surface area contributed by atoms with Crippen LogP contribution in [-0.4, -0.2) is 58.8 Å². The third kappa shape index (κ3) is 5.82. The number of β-amino-alcohol motifs (C(OH)–C–C–N with tert-alkyl or cyclic N) is 1. The maximum atomic E-state index is 10.1. The van der Waals surface area contributed by atoms with E-state index >= 15 is 0 Å². The summed E-state index contributed by atoms with van der Waals surface area (Å²) in [7, 11) is 0. The quantitative estimate of drug-likeness (QED) is 0.773. The maximum absolute atomic E-state index is 10.1. The maximum Gasteiger partial charge on any atom is 0.120 e. The molecular weight excluding hydrogens is 304 g/mol. The van der Waals surface area contributed by atoms with Gasteiger partial charge in [-0.2, -0.15) is 11.8 Å². The van der Waals surface area contributed by atoms with Gasteiger partial charge < -0.3 is 15.6 Å². The van der Waals surface area contributed by atoms with Gasteiger partial charge >= 0.3 is 0 Å². The van der Waals surface area contributed by atoms with E-state index in [1.54, 1.807) is 6.07 Å². The molecule has 116 valence electrons. The molecule has 0 saturated carbocycles. The molecule has 1 heterocycles. The van der Waals surface area contributed by atoms with Crippen molar-refractivity contribution in [3.63, 3.8) is 0 Å². The van der Waals surface area contributed by atoms with Crippen LogP contribution in [0.3, 0.4) is 0 Å². The Morgan fingerprint density at radius 3 is 3.10 bits per heavy atom. The van der Waals surface area contributed by atoms with Crippen LogP contribution in [0.2, 0.25) is 0 Å². The van der Waals surface area contributed by atoms with Crippen LogP contribution in [0.5, 0.6) is 5.75 Å². The summed E-state index contributed by atoms with van der Waals surface area (Å²) in [4.78, 5) is 2.66. The number of nitrogens with zero attached hydrogens (tertiary/aromatic N) is 1. The molecule has 1 aliphatic rings. The Morgan fingerprint density at radius 2 is 2.29 bits per heavy atom. The van der Waals surface area contributed by atoms with Crippen molar-refractivity contribution in [1.82, 2.24) is 4.90 Å². The number of hydrogen-bond acceptors (Lipinski definition) is 5. The lowest BCUT2D eigenvalue weighted by Crippen LogP contribution is -2.36. The van der Waals surface area contributed by atoms with Crippen molar-refractivity contribution in [2.75, 3.05) is 37.7 Å². The Morgan fingerprint density at radius 1 is 1.43 bits per heavy atom. The predicted molar refractivity (Wildman–Crippen MR) is 92.2 cm³/mol. The first-order valence-corrected chi connectivity index (χ1v) is 8.72. The van der Waals surface area contributed by atoms with Gasteiger partial charge in [-0.1, -0.05) is 24.4 Å². The van der Waals surface area contributed by atoms with E-state index in [1.165, 1.54) is 12.2 Å². The van der Waals surface area contributed by atoms with E-state index in [0.29, 0.717) is 17.3 Å². The fourth-order valence-corrected chi connectivity index (χ4v) is 3.31. The van der Waals surface area contributed by atoms with Crippen molar-refractivity contribution in [2.24, 2.45) is 5.73 Å². The average Bonchev–Trinajstić information content (AvgIpc) is 2.74. The monoisotopic (exact) mass is 326 g/mol. The zero-order valence-corrected chi connectivity index (χ0v) is 13.7. The van der Waals surface area contributed by atoms with Crippen LogP contribution in [0.4, 0.5) is 0 Å². The summed E-state index contributed by atoms with van der Waals surface area (Å²) in [6.45, 7) is 3.04. The van der Waals surface area contributed by atoms with Gasteiger partial charge in [0.15, 0.2) is 0 Å². The Bertz CT molecular complexity index is 463. The van der Waals surface area contributed by atoms with E-state index < -0.39 is 6.10 Å². The van der Waals surface area contributed by atoms with Gasteiger partial charge in [0.25, 0.3) is 0 Å². The molecule has 2 rings (SSSR count). The third-order valence-electron chi connectivity index (χ3n) is 3.34. The second-order valence-electron chi connectivity index (χ2n) is 5.12. The molecule has 1 aromatic rings. The molecule has 1 fully saturated rings. The van der Waals surface area contributed by atoms with E-state index in [2.05, 4.69) is 4.90 Å². The minimum absolute atomic E-state index is 0.282. The first-order chi connectivity index (χ1) is 10.1. The van der Waals surface area contributed by atoms with Crippen LogP contribution in [0.1, 0.15) is 12.0 Å². The van der Waals surface area contributed by atoms with Crippen molar-refractivity contribution >= 4 is 29.0 Å². The first kappa shape index (κ1) is 16.5. The van der Waals surface area contributed by atoms with Crippen LogP contribution >= 0.6 is 24.0 Å². The number of rotatable bonds is 6. The first-order valence-electron chi connectivity index (χ1n) is 7.16. The van der Waals surface area contributed by atoms with Gasteiger partial charge in [-0.25, -0.2) is 0 Å². The minimum Gasteiger partial charge on any atom is -0.491 e. The second kappa shape index (κ2) is 8.58. The van der Waals surface area contributed by atoms with Crippen LogP contribution in [0, 0.1) is 0 Å². The smallest absolute Gasteiger partial charge is 0.120 e. The summed E-state index contributed by atoms with van der Waals surface area (Å²) >= 11 is 6.93. The Balaban J connectivity index is 1.79. The van der Waals surface area contributed by atoms with Crippen molar-refractivity contribution in [3.8, 4) is 5.75 Å². The zero-order valence-electron chi connectivity index (χ0n) is 12.0. The SMILES string of the molecule is NC(=S)c1cccc(OCC(O)CN2CCCSCC2)c1. The summed E-state index contributed by atoms with van der Waals surface area (Å²) in [5, 5.41) is 10.1. The lowest BCUT2D eigenvalue weighted by molar-refractivity contribution is 0.0708. The van der Waals surface area contributed by atoms with E-state index in [9.17, 15) is 5.11 Å². The van der Waals surface area contributed by atoms with E-state index in [1.807, 2.05) is 30.0 Å². The number of benzene rings is 1. The molecule has 21 heavy (non-hydrogen) atoms. The second-order valence-corrected chi connectivity index (χ2v) is 6.79. The summed E-state index contributed by atoms with van der Waals surface area (Å²) in [5.74, 6) is 3.05. The van der Waals surface area contributed by atoms with E-state index in [0.717, 1.165) is 24.4 Å². The molecule has 1 aromatic carbocycles. The molecule has 0 aliphatic carbocycles. The molecule has 1 unspecified atom stereocenters. The van der Waals surface area contributed by atoms with Crippen molar-refractivity contribution in [2.45, 2.75) is 12.5 Å². The number of aliphatic hydroxyl groups is 1. The Kier molecular flexibility index (Phi) is 6.76. The third-order valence-corrected chi connectivity index (χ3v) is 4.63. The highest BCUT2D eigenvalue weighted by atomic mass is 32.2. The normalized spacial score (nSPS) is 18.0. The van der Waals surface area contributed by atoms with Gasteiger partial charge in [0.1, 0.15) is 23.4 Å². The van der Waals surface area contributed by atoms with Crippen LogP contribution in [0.25, 0.3) is 0 Å². The highest BCUT2D eigenvalue weighted by Crippen LogP contribution is 2.14. The lowest BCUT2D eigenvalue weighted by Gasteiger charge is -2.23. The van der Waals surface area contributed by atoms with Crippen LogP contribution in [-0.2, 0) is 0 Å². The number of aliphatic hydroxyl groups excluding tert-OH is 1. The zero-order chi connectivity index (χ0) is 15.1. The fraction of sp³-hybridized carbons (Fsp3) is 0.533. The molecule has 1 atom stereocenters. The van der Waals surface area contributed by atoms with Crippen LogP contribution < -0.4 is 10.5 Å². The molecule has 0 aromatic heterocycles. The summed E-state index contributed by atoms with van der Waals surface area (Å²) in [6.07, 6.45) is 0.704. The van der Waals surface area contributed by atoms with E-state index in [-0.39, 0.29) is 6.61 Å². The van der Waals surface area contributed by atoms with E-state index in [4.69, 9.17) is 22.7 Å². The minimum atomic E-state index is -0.485. The number of thiocarbonyl (C=S) groups is 1. The van der Waals surface area contributed by atoms with Crippen molar-refractivity contribution in [3.05, 3.63) is 29.8 Å². The number of nitrogens with two attached hydrogens (primary N) is 1. The Labute approximate surface area is 135 Å². The number of hydrogen-bond donors (Lipinski definition) is 2. The van der Waals surface area contributed by atoms with Gasteiger partial charge in [0.2, 0.25) is 0 Å². The van der Waals surface area contributed by atoms with Gasteiger partial charge in [-0.05, 0) is 30.9 Å². The van der Waals surface area contributed by atoms with Gasteiger partial charge in [-0.3, -0.25) is 4.90 Å². The predicted octanol–water partition coefficient (Wildman–Crippen LogP) is 1.50. The topological polar surface area (TPSA) is 58.7 Å². The van der Waals surface area contributed by atoms with Crippen molar-refractivity contribution in [1.29, 1.82) is 0 Å². The standard InChI is InChI=1S/C15H22N2O2S2/c16-15(20)12-3-1-4-14(9-12)19-11-13(18)10-17-5-2-7-21-8-6-17/h1,3-4,9,13,18H,2,5-8,10-11H2,(H2,16,20). The number of ether oxygens (including phenoxy) is 1. The molecule has 0 radical (unpaired) electrons. The molecule has 1 saturated heterocycles. The summed E-state index contributed by atoms with van der Waals surface area (Å²) < 4.78 is 5.63. The average molecular weight is 326 g/mol. The summed E-state index contributed by atoms with van der Waals surface area (Å²) in [6, 6.07) is 7.34. The fourth-order valence-electron chi connectivity index (χ4n) is 2.26. The molecule has 6 heteroatoms. The Hall–Kier alpha value is -0.820. The molecular formula is C15H22N2O2S2. The molecule has 0 spiro atoms. The van der Waals surface area contributed by atoms with Gasteiger partial charge in [0, 0.05) is 24.4 Å². The highest BCUT2D eigenvalue weighted by molar-refractivity contribution is 7.99. The van der Waals surface area contributed by atoms with Gasteiger partial charge in [0.05, 0.1) is 0 Å². The molecule has 1 aliphatic heterocycles. The lowest BCUT2D eigenvalue weighted by atomic mass is 10.2. The van der Waals surface area contributed by atoms with Gasteiger partial charge in [-0.15, -0.1) is 0 Å². The van der Waals surface area contributed by atoms with Crippen LogP contribution in [0.15, 0.2) is 24.3 Å².